The lowest BCUT2D eigenvalue weighted by Crippen LogP contribution is -2.48. The Morgan fingerprint density at radius 2 is 1.26 bits per heavy atom. The van der Waals surface area contributed by atoms with E-state index in [1.165, 1.54) is 22.3 Å². The Kier molecular flexibility index (Phi) is 2.61. The summed E-state index contributed by atoms with van der Waals surface area (Å²) in [5.41, 5.74) is 5.07. The molecular weight excluding hydrogens is 284 g/mol. The molecule has 0 saturated heterocycles. The van der Waals surface area contributed by atoms with Crippen LogP contribution in [0.5, 0.6) is 11.5 Å². The van der Waals surface area contributed by atoms with Crippen LogP contribution < -0.4 is 0 Å². The quantitative estimate of drug-likeness (QED) is 0.749. The third-order valence-corrected chi connectivity index (χ3v) is 6.29. The molecule has 4 rings (SSSR count). The molecule has 0 fully saturated rings. The number of aromatic hydroxyl groups is 2. The van der Waals surface area contributed by atoms with Gasteiger partial charge in [0, 0.05) is 5.41 Å². The zero-order valence-corrected chi connectivity index (χ0v) is 14.3. The van der Waals surface area contributed by atoms with Crippen molar-refractivity contribution in [3.63, 3.8) is 0 Å². The van der Waals surface area contributed by atoms with Crippen LogP contribution in [0.1, 0.15) is 49.9 Å². The second-order valence-electron chi connectivity index (χ2n) is 8.55. The van der Waals surface area contributed by atoms with Gasteiger partial charge in [0.15, 0.2) is 0 Å². The normalized spacial score (nSPS) is 26.3. The molecule has 2 aliphatic carbocycles. The van der Waals surface area contributed by atoms with E-state index < -0.39 is 0 Å². The maximum atomic E-state index is 10.1. The minimum Gasteiger partial charge on any atom is -0.508 e. The van der Waals surface area contributed by atoms with Gasteiger partial charge in [0.05, 0.1) is 0 Å². The maximum Gasteiger partial charge on any atom is 0.115 e. The molecule has 2 aromatic rings. The molecule has 0 aromatic heterocycles. The largest absolute Gasteiger partial charge is 0.508 e. The summed E-state index contributed by atoms with van der Waals surface area (Å²) in [6.45, 7) is 9.33. The van der Waals surface area contributed by atoms with E-state index in [0.717, 1.165) is 12.8 Å². The Balaban J connectivity index is 2.12. The van der Waals surface area contributed by atoms with Gasteiger partial charge in [0.25, 0.3) is 0 Å². The smallest absolute Gasteiger partial charge is 0.115 e. The molecule has 2 heteroatoms. The van der Waals surface area contributed by atoms with Crippen LogP contribution in [-0.4, -0.2) is 10.2 Å². The molecule has 2 aliphatic rings. The van der Waals surface area contributed by atoms with Crippen molar-refractivity contribution in [1.29, 1.82) is 0 Å². The number of rotatable bonds is 0. The summed E-state index contributed by atoms with van der Waals surface area (Å²) in [7, 11) is 0. The van der Waals surface area contributed by atoms with Gasteiger partial charge >= 0.3 is 0 Å². The highest BCUT2D eigenvalue weighted by atomic mass is 16.3. The summed E-state index contributed by atoms with van der Waals surface area (Å²) in [4.78, 5) is 0. The Labute approximate surface area is 137 Å². The fourth-order valence-electron chi connectivity index (χ4n) is 5.90. The lowest BCUT2D eigenvalue weighted by molar-refractivity contribution is 0.0981. The lowest BCUT2D eigenvalue weighted by atomic mass is 9.53. The molecule has 0 heterocycles. The van der Waals surface area contributed by atoms with Crippen LogP contribution in [0.15, 0.2) is 36.4 Å². The molecule has 1 spiro atoms. The first-order valence-electron chi connectivity index (χ1n) is 8.34. The maximum absolute atomic E-state index is 10.1. The summed E-state index contributed by atoms with van der Waals surface area (Å²) < 4.78 is 0. The number of fused-ring (bicyclic) bond motifs is 4. The first-order valence-corrected chi connectivity index (χ1v) is 8.34. The third kappa shape index (κ3) is 1.59. The molecule has 0 bridgehead atoms. The molecule has 2 N–H and O–H groups in total. The number of hydrogen-bond acceptors (Lipinski definition) is 2. The first kappa shape index (κ1) is 14.6. The van der Waals surface area contributed by atoms with Gasteiger partial charge in [-0.15, -0.1) is 0 Å². The average Bonchev–Trinajstić information content (AvgIpc) is 2.80. The predicted molar refractivity (Wildman–Crippen MR) is 92.0 cm³/mol. The van der Waals surface area contributed by atoms with Crippen LogP contribution in [0, 0.1) is 10.8 Å². The number of benzene rings is 2. The average molecular weight is 308 g/mol. The van der Waals surface area contributed by atoms with Crippen molar-refractivity contribution in [2.45, 2.75) is 46.0 Å². The van der Waals surface area contributed by atoms with Crippen LogP contribution in [0.4, 0.5) is 0 Å². The van der Waals surface area contributed by atoms with E-state index in [1.54, 1.807) is 12.1 Å². The van der Waals surface area contributed by atoms with Crippen molar-refractivity contribution in [1.82, 2.24) is 0 Å². The second kappa shape index (κ2) is 4.11. The van der Waals surface area contributed by atoms with Crippen LogP contribution in [-0.2, 0) is 18.3 Å². The van der Waals surface area contributed by atoms with Crippen LogP contribution in [0.25, 0.3) is 0 Å². The minimum absolute atomic E-state index is 0.0195. The summed E-state index contributed by atoms with van der Waals surface area (Å²) in [5, 5.41) is 20.1. The van der Waals surface area contributed by atoms with Gasteiger partial charge in [-0.05, 0) is 70.2 Å². The van der Waals surface area contributed by atoms with E-state index in [1.807, 2.05) is 12.1 Å². The van der Waals surface area contributed by atoms with Crippen LogP contribution >= 0.6 is 0 Å². The van der Waals surface area contributed by atoms with Gasteiger partial charge in [-0.25, -0.2) is 0 Å². The van der Waals surface area contributed by atoms with Crippen LogP contribution in [0.3, 0.4) is 0 Å². The van der Waals surface area contributed by atoms with E-state index in [0.29, 0.717) is 11.5 Å². The molecular formula is C21H24O2. The van der Waals surface area contributed by atoms with Gasteiger partial charge in [0.2, 0.25) is 0 Å². The topological polar surface area (TPSA) is 40.5 Å². The highest BCUT2D eigenvalue weighted by Crippen LogP contribution is 2.68. The number of phenols is 2. The standard InChI is InChI=1S/C21H24O2/c1-19(2)11-13-5-6-16(23)10-18(13)21(19)17-8-7-15(22)9-14(17)12-20(21,3)4/h5-10,22-23H,11-12H2,1-4H3. The molecule has 0 aliphatic heterocycles. The van der Waals surface area contributed by atoms with Crippen molar-refractivity contribution in [3.8, 4) is 11.5 Å². The lowest BCUT2D eigenvalue weighted by Gasteiger charge is -2.50. The molecule has 0 amide bonds. The van der Waals surface area contributed by atoms with E-state index >= 15 is 0 Å². The van der Waals surface area contributed by atoms with Crippen molar-refractivity contribution in [3.05, 3.63) is 58.7 Å². The molecule has 0 radical (unpaired) electrons. The highest BCUT2D eigenvalue weighted by Gasteiger charge is 2.64. The van der Waals surface area contributed by atoms with Crippen molar-refractivity contribution in [2.24, 2.45) is 10.8 Å². The van der Waals surface area contributed by atoms with E-state index in [4.69, 9.17) is 0 Å². The molecule has 2 aromatic carbocycles. The zero-order chi connectivity index (χ0) is 16.6. The molecule has 1 unspecified atom stereocenters. The first-order chi connectivity index (χ1) is 10.7. The van der Waals surface area contributed by atoms with E-state index in [-0.39, 0.29) is 16.2 Å². The molecule has 1 atom stereocenters. The summed E-state index contributed by atoms with van der Waals surface area (Å²) in [6, 6.07) is 11.7. The second-order valence-corrected chi connectivity index (χ2v) is 8.55. The summed E-state index contributed by atoms with van der Waals surface area (Å²) in [5.74, 6) is 0.674. The Bertz CT molecular complexity index is 817. The summed E-state index contributed by atoms with van der Waals surface area (Å²) >= 11 is 0. The zero-order valence-electron chi connectivity index (χ0n) is 14.3. The summed E-state index contributed by atoms with van der Waals surface area (Å²) in [6.07, 6.45) is 1.95. The van der Waals surface area contributed by atoms with E-state index in [2.05, 4.69) is 39.8 Å². The van der Waals surface area contributed by atoms with Crippen LogP contribution in [0.2, 0.25) is 0 Å². The number of hydrogen-bond donors (Lipinski definition) is 2. The fourth-order valence-corrected chi connectivity index (χ4v) is 5.90. The van der Waals surface area contributed by atoms with Crippen molar-refractivity contribution < 1.29 is 10.2 Å². The van der Waals surface area contributed by atoms with Gasteiger partial charge < -0.3 is 10.2 Å². The Morgan fingerprint density at radius 1 is 0.696 bits per heavy atom. The number of phenolic OH excluding ortho intramolecular Hbond substituents is 2. The third-order valence-electron chi connectivity index (χ3n) is 6.29. The van der Waals surface area contributed by atoms with Gasteiger partial charge in [-0.1, -0.05) is 39.8 Å². The molecule has 0 saturated carbocycles. The van der Waals surface area contributed by atoms with Gasteiger partial charge in [-0.3, -0.25) is 0 Å². The predicted octanol–water partition coefficient (Wildman–Crippen LogP) is 4.55. The SMILES string of the molecule is CC1(C)Cc2cc(O)ccc2C12c1cc(O)ccc1CC2(C)C. The van der Waals surface area contributed by atoms with Gasteiger partial charge in [0.1, 0.15) is 11.5 Å². The molecule has 120 valence electrons. The van der Waals surface area contributed by atoms with Crippen molar-refractivity contribution >= 4 is 0 Å². The minimum atomic E-state index is -0.142. The van der Waals surface area contributed by atoms with Gasteiger partial charge in [-0.2, -0.15) is 0 Å². The molecule has 2 nitrogen and oxygen atoms in total. The molecule has 23 heavy (non-hydrogen) atoms. The Morgan fingerprint density at radius 3 is 1.96 bits per heavy atom. The fraction of sp³-hybridized carbons (Fsp3) is 0.429. The van der Waals surface area contributed by atoms with Crippen molar-refractivity contribution in [2.75, 3.05) is 0 Å². The Hall–Kier alpha value is -1.96. The van der Waals surface area contributed by atoms with E-state index in [9.17, 15) is 10.2 Å². The highest BCUT2D eigenvalue weighted by molar-refractivity contribution is 5.61. The monoisotopic (exact) mass is 308 g/mol.